The molecule has 2 nitrogen and oxygen atoms in total. The van der Waals surface area contributed by atoms with E-state index in [1.165, 1.54) is 11.1 Å². The quantitative estimate of drug-likeness (QED) is 0.784. The average molecular weight is 294 g/mol. The van der Waals surface area contributed by atoms with Crippen LogP contribution in [0.25, 0.3) is 11.3 Å². The Morgan fingerprint density at radius 3 is 2.43 bits per heavy atom. The van der Waals surface area contributed by atoms with Crippen LogP contribution in [0.5, 0.6) is 0 Å². The van der Waals surface area contributed by atoms with E-state index in [0.717, 1.165) is 27.6 Å². The van der Waals surface area contributed by atoms with E-state index in [9.17, 15) is 0 Å². The van der Waals surface area contributed by atoms with Crippen molar-refractivity contribution < 1.29 is 0 Å². The summed E-state index contributed by atoms with van der Waals surface area (Å²) in [5, 5.41) is 1.13. The predicted molar refractivity (Wildman–Crippen MR) is 89.4 cm³/mol. The van der Waals surface area contributed by atoms with Gasteiger partial charge in [0.15, 0.2) is 0 Å². The second-order valence-corrected chi connectivity index (χ2v) is 6.22. The lowest BCUT2D eigenvalue weighted by molar-refractivity contribution is 1.08. The fourth-order valence-electron chi connectivity index (χ4n) is 2.41. The SMILES string of the molecule is Cc1ccccc1Cc1nc(-c2ccccc2)c(CN)s1. The van der Waals surface area contributed by atoms with Crippen LogP contribution in [0.15, 0.2) is 54.6 Å². The summed E-state index contributed by atoms with van der Waals surface area (Å²) in [6.45, 7) is 2.68. The van der Waals surface area contributed by atoms with Crippen LogP contribution >= 0.6 is 11.3 Å². The lowest BCUT2D eigenvalue weighted by atomic mass is 10.1. The molecule has 0 aliphatic rings. The van der Waals surface area contributed by atoms with Crippen molar-refractivity contribution in [2.45, 2.75) is 19.9 Å². The molecule has 2 N–H and O–H groups in total. The van der Waals surface area contributed by atoms with Crippen molar-refractivity contribution >= 4 is 11.3 Å². The van der Waals surface area contributed by atoms with Gasteiger partial charge in [-0.1, -0.05) is 54.6 Å². The fraction of sp³-hybridized carbons (Fsp3) is 0.167. The molecular weight excluding hydrogens is 276 g/mol. The molecule has 0 atom stereocenters. The minimum absolute atomic E-state index is 0.537. The van der Waals surface area contributed by atoms with Gasteiger partial charge in [0.2, 0.25) is 0 Å². The van der Waals surface area contributed by atoms with Crippen molar-refractivity contribution in [3.05, 3.63) is 75.6 Å². The Kier molecular flexibility index (Phi) is 4.13. The number of nitrogens with two attached hydrogens (primary N) is 1. The molecule has 21 heavy (non-hydrogen) atoms. The van der Waals surface area contributed by atoms with Crippen molar-refractivity contribution in [1.82, 2.24) is 4.98 Å². The highest BCUT2D eigenvalue weighted by atomic mass is 32.1. The van der Waals surface area contributed by atoms with E-state index in [1.54, 1.807) is 11.3 Å². The first-order valence-corrected chi connectivity index (χ1v) is 7.88. The average Bonchev–Trinajstić information content (AvgIpc) is 2.93. The van der Waals surface area contributed by atoms with Crippen molar-refractivity contribution in [2.75, 3.05) is 0 Å². The third-order valence-electron chi connectivity index (χ3n) is 3.58. The molecule has 0 unspecified atom stereocenters. The molecule has 106 valence electrons. The van der Waals surface area contributed by atoms with Gasteiger partial charge in [0, 0.05) is 23.4 Å². The summed E-state index contributed by atoms with van der Waals surface area (Å²) in [4.78, 5) is 5.98. The molecule has 3 rings (SSSR count). The highest BCUT2D eigenvalue weighted by Gasteiger charge is 2.12. The van der Waals surface area contributed by atoms with Crippen LogP contribution in [-0.4, -0.2) is 4.98 Å². The number of rotatable bonds is 4. The lowest BCUT2D eigenvalue weighted by Gasteiger charge is -2.02. The molecule has 0 saturated heterocycles. The molecule has 3 heteroatoms. The van der Waals surface area contributed by atoms with Gasteiger partial charge < -0.3 is 5.73 Å². The Hall–Kier alpha value is -1.97. The standard InChI is InChI=1S/C18H18N2S/c1-13-7-5-6-10-15(13)11-17-20-18(16(12-19)21-17)14-8-3-2-4-9-14/h2-10H,11-12,19H2,1H3. The van der Waals surface area contributed by atoms with E-state index in [-0.39, 0.29) is 0 Å². The highest BCUT2D eigenvalue weighted by Crippen LogP contribution is 2.29. The maximum absolute atomic E-state index is 5.90. The third-order valence-corrected chi connectivity index (χ3v) is 4.65. The van der Waals surface area contributed by atoms with E-state index >= 15 is 0 Å². The molecule has 0 spiro atoms. The summed E-state index contributed by atoms with van der Waals surface area (Å²) in [7, 11) is 0. The van der Waals surface area contributed by atoms with Gasteiger partial charge in [-0.05, 0) is 18.1 Å². The van der Waals surface area contributed by atoms with Gasteiger partial charge in [0.05, 0.1) is 10.7 Å². The number of hydrogen-bond donors (Lipinski definition) is 1. The summed E-state index contributed by atoms with van der Waals surface area (Å²) in [6.07, 6.45) is 0.872. The van der Waals surface area contributed by atoms with Crippen molar-refractivity contribution in [1.29, 1.82) is 0 Å². The highest BCUT2D eigenvalue weighted by molar-refractivity contribution is 7.12. The van der Waals surface area contributed by atoms with Gasteiger partial charge in [-0.2, -0.15) is 0 Å². The molecule has 0 bridgehead atoms. The van der Waals surface area contributed by atoms with Crippen LogP contribution in [0.4, 0.5) is 0 Å². The Labute approximate surface area is 129 Å². The molecule has 1 aromatic heterocycles. The van der Waals surface area contributed by atoms with E-state index in [1.807, 2.05) is 18.2 Å². The monoisotopic (exact) mass is 294 g/mol. The summed E-state index contributed by atoms with van der Waals surface area (Å²) in [5.41, 5.74) is 10.7. The zero-order chi connectivity index (χ0) is 14.7. The normalized spacial score (nSPS) is 10.8. The Morgan fingerprint density at radius 1 is 1.00 bits per heavy atom. The molecule has 0 aliphatic heterocycles. The van der Waals surface area contributed by atoms with Crippen LogP contribution in [0.3, 0.4) is 0 Å². The number of nitrogens with zero attached hydrogens (tertiary/aromatic N) is 1. The fourth-order valence-corrected chi connectivity index (χ4v) is 3.40. The summed E-state index contributed by atoms with van der Waals surface area (Å²) < 4.78 is 0. The van der Waals surface area contributed by atoms with Crippen LogP contribution in [0, 0.1) is 6.92 Å². The van der Waals surface area contributed by atoms with Crippen molar-refractivity contribution in [3.63, 3.8) is 0 Å². The Morgan fingerprint density at radius 2 is 1.71 bits per heavy atom. The number of benzene rings is 2. The molecule has 0 amide bonds. The first-order chi connectivity index (χ1) is 10.3. The number of aromatic nitrogens is 1. The smallest absolute Gasteiger partial charge is 0.0979 e. The molecule has 3 aromatic rings. The second kappa shape index (κ2) is 6.20. The molecule has 1 heterocycles. The van der Waals surface area contributed by atoms with Gasteiger partial charge in [-0.15, -0.1) is 11.3 Å². The number of hydrogen-bond acceptors (Lipinski definition) is 3. The topological polar surface area (TPSA) is 38.9 Å². The maximum Gasteiger partial charge on any atom is 0.0979 e. The van der Waals surface area contributed by atoms with Gasteiger partial charge in [-0.3, -0.25) is 0 Å². The molecule has 0 radical (unpaired) electrons. The van der Waals surface area contributed by atoms with Gasteiger partial charge in [0.1, 0.15) is 0 Å². The molecule has 0 aliphatic carbocycles. The summed E-state index contributed by atoms with van der Waals surface area (Å²) in [5.74, 6) is 0. The van der Waals surface area contributed by atoms with Gasteiger partial charge in [-0.25, -0.2) is 4.98 Å². The number of thiazole rings is 1. The third kappa shape index (κ3) is 3.04. The van der Waals surface area contributed by atoms with Gasteiger partial charge >= 0.3 is 0 Å². The van der Waals surface area contributed by atoms with Crippen molar-refractivity contribution in [3.8, 4) is 11.3 Å². The van der Waals surface area contributed by atoms with Crippen LogP contribution in [0.2, 0.25) is 0 Å². The van der Waals surface area contributed by atoms with Gasteiger partial charge in [0.25, 0.3) is 0 Å². The molecular formula is C18H18N2S. The first kappa shape index (κ1) is 14.0. The Bertz CT molecular complexity index is 732. The maximum atomic E-state index is 5.90. The van der Waals surface area contributed by atoms with Crippen molar-refractivity contribution in [2.24, 2.45) is 5.73 Å². The number of aryl methyl sites for hydroxylation is 1. The van der Waals surface area contributed by atoms with E-state index in [0.29, 0.717) is 6.54 Å². The lowest BCUT2D eigenvalue weighted by Crippen LogP contribution is -1.95. The minimum atomic E-state index is 0.537. The largest absolute Gasteiger partial charge is 0.326 e. The zero-order valence-electron chi connectivity index (χ0n) is 12.0. The molecule has 2 aromatic carbocycles. The van der Waals surface area contributed by atoms with Crippen LogP contribution < -0.4 is 5.73 Å². The summed E-state index contributed by atoms with van der Waals surface area (Å²) >= 11 is 1.72. The van der Waals surface area contributed by atoms with E-state index in [4.69, 9.17) is 10.7 Å². The second-order valence-electron chi connectivity index (χ2n) is 5.05. The Balaban J connectivity index is 1.95. The van der Waals surface area contributed by atoms with Crippen LogP contribution in [-0.2, 0) is 13.0 Å². The predicted octanol–water partition coefficient (Wildman–Crippen LogP) is 4.17. The molecule has 0 fully saturated rings. The minimum Gasteiger partial charge on any atom is -0.326 e. The van der Waals surface area contributed by atoms with Crippen LogP contribution in [0.1, 0.15) is 21.0 Å². The first-order valence-electron chi connectivity index (χ1n) is 7.06. The van der Waals surface area contributed by atoms with E-state index in [2.05, 4.69) is 43.3 Å². The molecule has 0 saturated carbocycles. The zero-order valence-corrected chi connectivity index (χ0v) is 12.9. The summed E-state index contributed by atoms with van der Waals surface area (Å²) in [6, 6.07) is 18.7. The van der Waals surface area contributed by atoms with E-state index < -0.39 is 0 Å².